The van der Waals surface area contributed by atoms with Crippen molar-refractivity contribution in [1.82, 2.24) is 4.90 Å². The van der Waals surface area contributed by atoms with Crippen molar-refractivity contribution in [2.75, 3.05) is 25.5 Å². The number of aromatic hydroxyl groups is 2. The van der Waals surface area contributed by atoms with Crippen LogP contribution in [-0.2, 0) is 0 Å². The number of nitrogens with one attached hydrogen (secondary N) is 1. The molecule has 3 aromatic rings. The quantitative estimate of drug-likeness (QED) is 0.412. The molecule has 4 rings (SSSR count). The third-order valence-electron chi connectivity index (χ3n) is 6.09. The summed E-state index contributed by atoms with van der Waals surface area (Å²) in [5.41, 5.74) is 1.31. The van der Waals surface area contributed by atoms with Gasteiger partial charge in [-0.3, -0.25) is 4.79 Å². The fourth-order valence-electron chi connectivity index (χ4n) is 4.57. The van der Waals surface area contributed by atoms with Crippen LogP contribution in [0, 0.1) is 0 Å². The number of phenols is 2. The maximum Gasteiger partial charge on any atom is 0.197 e. The minimum Gasteiger partial charge on any atom is -0.507 e. The van der Waals surface area contributed by atoms with Crippen molar-refractivity contribution in [3.05, 3.63) is 51.1 Å². The second-order valence-electron chi connectivity index (χ2n) is 8.60. The van der Waals surface area contributed by atoms with E-state index >= 15 is 0 Å². The molecule has 0 spiro atoms. The van der Waals surface area contributed by atoms with Crippen LogP contribution in [0.25, 0.3) is 22.3 Å². The number of anilines is 1. The molecule has 0 unspecified atom stereocenters. The molecule has 0 bridgehead atoms. The van der Waals surface area contributed by atoms with Gasteiger partial charge in [-0.25, -0.2) is 0 Å². The lowest BCUT2D eigenvalue weighted by Gasteiger charge is -2.24. The van der Waals surface area contributed by atoms with Gasteiger partial charge in [-0.15, -0.1) is 12.4 Å². The van der Waals surface area contributed by atoms with Crippen LogP contribution >= 0.6 is 24.0 Å². The Labute approximate surface area is 203 Å². The average Bonchev–Trinajstić information content (AvgIpc) is 3.08. The van der Waals surface area contributed by atoms with Crippen molar-refractivity contribution < 1.29 is 19.7 Å². The van der Waals surface area contributed by atoms with Gasteiger partial charge in [0.2, 0.25) is 0 Å². The summed E-state index contributed by atoms with van der Waals surface area (Å²) < 4.78 is 6.17. The van der Waals surface area contributed by atoms with Gasteiger partial charge in [-0.2, -0.15) is 0 Å². The lowest BCUT2D eigenvalue weighted by Crippen LogP contribution is -2.32. The molecule has 1 aromatic heterocycles. The summed E-state index contributed by atoms with van der Waals surface area (Å²) in [5, 5.41) is 34.8. The fraction of sp³-hybridized carbons (Fsp3) is 0.375. The molecular weight excluding hydrogens is 467 g/mol. The first-order valence-electron chi connectivity index (χ1n) is 10.6. The summed E-state index contributed by atoms with van der Waals surface area (Å²) in [4.78, 5) is 15.0. The van der Waals surface area contributed by atoms with Crippen LogP contribution in [-0.4, -0.2) is 52.5 Å². The Morgan fingerprint density at radius 1 is 1.24 bits per heavy atom. The van der Waals surface area contributed by atoms with Crippen LogP contribution in [0.2, 0.25) is 5.02 Å². The molecule has 178 valence electrons. The van der Waals surface area contributed by atoms with Crippen LogP contribution in [0.5, 0.6) is 11.5 Å². The molecule has 0 amide bonds. The fourth-order valence-corrected chi connectivity index (χ4v) is 4.84. The number of aliphatic hydroxyl groups excluding tert-OH is 1. The molecule has 4 N–H and O–H groups in total. The van der Waals surface area contributed by atoms with Gasteiger partial charge in [-0.1, -0.05) is 17.7 Å². The number of aliphatic hydroxyl groups is 1. The Bertz CT molecular complexity index is 1230. The van der Waals surface area contributed by atoms with E-state index in [0.717, 1.165) is 6.54 Å². The Morgan fingerprint density at radius 2 is 1.97 bits per heavy atom. The highest BCUT2D eigenvalue weighted by Crippen LogP contribution is 2.45. The zero-order chi connectivity index (χ0) is 23.2. The zero-order valence-corrected chi connectivity index (χ0v) is 20.2. The number of hydrogen-bond donors (Lipinski definition) is 4. The van der Waals surface area contributed by atoms with E-state index in [0.29, 0.717) is 28.3 Å². The van der Waals surface area contributed by atoms with Gasteiger partial charge in [0, 0.05) is 41.3 Å². The number of nitrogens with zero attached hydrogens (tertiary/aromatic N) is 1. The lowest BCUT2D eigenvalue weighted by molar-refractivity contribution is 0.172. The number of phenolic OH excluding ortho intramolecular Hbond substituents is 2. The molecule has 2 heterocycles. The smallest absolute Gasteiger partial charge is 0.197 e. The molecule has 1 aliphatic rings. The molecule has 1 saturated heterocycles. The van der Waals surface area contributed by atoms with Crippen molar-refractivity contribution >= 4 is 40.7 Å². The van der Waals surface area contributed by atoms with Crippen LogP contribution < -0.4 is 10.7 Å². The number of likely N-dealkylation sites (tertiary alicyclic amines) is 1. The standard InChI is InChI=1S/C24H27ClN2O5.ClH/c1-12(2)26-15-6-4-5-14(23(15)25)20-10-19(31)22-18(30)9-17(29)21(24(22)32-20)13-7-8-27(3)16(13)11-28;/h4-6,9-10,12-13,16,26,28-30H,7-8,11H2,1-3H3;1H/t13-,16+;/m1./s1. The van der Waals surface area contributed by atoms with Crippen molar-refractivity contribution in [2.45, 2.75) is 38.3 Å². The maximum absolute atomic E-state index is 13.0. The number of likely N-dealkylation sites (N-methyl/N-ethyl adjacent to an activating group) is 1. The predicted octanol–water partition coefficient (Wildman–Crippen LogP) is 4.55. The number of hydrogen-bond acceptors (Lipinski definition) is 7. The van der Waals surface area contributed by atoms with E-state index in [2.05, 4.69) is 5.32 Å². The first kappa shape index (κ1) is 25.2. The molecular formula is C24H28Cl2N2O5. The monoisotopic (exact) mass is 494 g/mol. The largest absolute Gasteiger partial charge is 0.507 e. The van der Waals surface area contributed by atoms with E-state index in [1.807, 2.05) is 37.9 Å². The summed E-state index contributed by atoms with van der Waals surface area (Å²) in [5.74, 6) is -0.556. The summed E-state index contributed by atoms with van der Waals surface area (Å²) in [6.07, 6.45) is 0.664. The minimum atomic E-state index is -0.440. The Morgan fingerprint density at radius 3 is 2.64 bits per heavy atom. The summed E-state index contributed by atoms with van der Waals surface area (Å²) >= 11 is 6.62. The van der Waals surface area contributed by atoms with E-state index < -0.39 is 5.43 Å². The molecule has 2 atom stereocenters. The Kier molecular flexibility index (Phi) is 7.49. The summed E-state index contributed by atoms with van der Waals surface area (Å²) in [7, 11) is 1.90. The SMILES string of the molecule is CC(C)Nc1cccc(-c2cc(=O)c3c(O)cc(O)c([C@@H]4CCN(C)[C@H]4CO)c3o2)c1Cl.Cl. The number of rotatable bonds is 5. The highest BCUT2D eigenvalue weighted by atomic mass is 35.5. The van der Waals surface area contributed by atoms with Crippen molar-refractivity contribution in [3.8, 4) is 22.8 Å². The molecule has 9 heteroatoms. The first-order chi connectivity index (χ1) is 15.2. The van der Waals surface area contributed by atoms with Gasteiger partial charge in [0.05, 0.1) is 17.3 Å². The molecule has 0 aliphatic carbocycles. The zero-order valence-electron chi connectivity index (χ0n) is 18.6. The molecule has 0 saturated carbocycles. The van der Waals surface area contributed by atoms with Gasteiger partial charge in [0.25, 0.3) is 0 Å². The van der Waals surface area contributed by atoms with E-state index in [1.165, 1.54) is 12.1 Å². The van der Waals surface area contributed by atoms with E-state index in [9.17, 15) is 20.1 Å². The van der Waals surface area contributed by atoms with Crippen molar-refractivity contribution in [1.29, 1.82) is 0 Å². The topological polar surface area (TPSA) is 106 Å². The molecule has 1 fully saturated rings. The molecule has 2 aromatic carbocycles. The van der Waals surface area contributed by atoms with Crippen LogP contribution in [0.3, 0.4) is 0 Å². The molecule has 7 nitrogen and oxygen atoms in total. The van der Waals surface area contributed by atoms with Gasteiger partial charge < -0.3 is 30.0 Å². The lowest BCUT2D eigenvalue weighted by atomic mass is 9.89. The number of fused-ring (bicyclic) bond motifs is 1. The van der Waals surface area contributed by atoms with Crippen LogP contribution in [0.1, 0.15) is 31.7 Å². The predicted molar refractivity (Wildman–Crippen MR) is 133 cm³/mol. The van der Waals surface area contributed by atoms with Gasteiger partial charge >= 0.3 is 0 Å². The molecule has 1 aliphatic heterocycles. The highest BCUT2D eigenvalue weighted by molar-refractivity contribution is 6.35. The van der Waals surface area contributed by atoms with E-state index in [-0.39, 0.29) is 65.2 Å². The van der Waals surface area contributed by atoms with Crippen LogP contribution in [0.15, 0.2) is 39.5 Å². The minimum absolute atomic E-state index is 0. The second kappa shape index (κ2) is 9.81. The average molecular weight is 495 g/mol. The third kappa shape index (κ3) is 4.51. The number of benzene rings is 2. The van der Waals surface area contributed by atoms with Crippen molar-refractivity contribution in [3.63, 3.8) is 0 Å². The van der Waals surface area contributed by atoms with Gasteiger partial charge in [0.15, 0.2) is 5.43 Å². The maximum atomic E-state index is 13.0. The first-order valence-corrected chi connectivity index (χ1v) is 11.0. The number of halogens is 2. The Balaban J connectivity index is 0.00000306. The van der Waals surface area contributed by atoms with E-state index in [4.69, 9.17) is 16.0 Å². The molecule has 0 radical (unpaired) electrons. The highest BCUT2D eigenvalue weighted by Gasteiger charge is 2.36. The van der Waals surface area contributed by atoms with E-state index in [1.54, 1.807) is 6.07 Å². The second-order valence-corrected chi connectivity index (χ2v) is 8.98. The summed E-state index contributed by atoms with van der Waals surface area (Å²) in [6.45, 7) is 4.60. The normalized spacial score (nSPS) is 18.6. The third-order valence-corrected chi connectivity index (χ3v) is 6.49. The van der Waals surface area contributed by atoms with Crippen molar-refractivity contribution in [2.24, 2.45) is 0 Å². The van der Waals surface area contributed by atoms with Crippen LogP contribution in [0.4, 0.5) is 5.69 Å². The summed E-state index contributed by atoms with van der Waals surface area (Å²) in [6, 6.07) is 7.78. The van der Waals surface area contributed by atoms with Gasteiger partial charge in [-0.05, 0) is 46.0 Å². The Hall–Kier alpha value is -2.45. The van der Waals surface area contributed by atoms with Gasteiger partial charge in [0.1, 0.15) is 28.2 Å². The molecule has 33 heavy (non-hydrogen) atoms.